The molecule has 126 valence electrons. The Morgan fingerprint density at radius 2 is 1.38 bits per heavy atom. The topological polar surface area (TPSA) is 58.2 Å². The Morgan fingerprint density at radius 3 is 1.96 bits per heavy atom. The maximum absolute atomic E-state index is 12.9. The molecular weight excluding hydrogens is 368 g/mol. The summed E-state index contributed by atoms with van der Waals surface area (Å²) < 4.78 is 38.8. The van der Waals surface area contributed by atoms with Crippen molar-refractivity contribution in [3.63, 3.8) is 0 Å². The summed E-state index contributed by atoms with van der Waals surface area (Å²) in [5, 5.41) is 4.44. The van der Waals surface area contributed by atoms with Gasteiger partial charge in [-0.05, 0) is 42.5 Å². The smallest absolute Gasteiger partial charge is 0.318 e. The van der Waals surface area contributed by atoms with Crippen molar-refractivity contribution in [3.8, 4) is 0 Å². The highest BCUT2D eigenvalue weighted by Crippen LogP contribution is 2.36. The van der Waals surface area contributed by atoms with Gasteiger partial charge in [0.2, 0.25) is 0 Å². The van der Waals surface area contributed by atoms with Crippen LogP contribution in [0.5, 0.6) is 0 Å². The predicted octanol–water partition coefficient (Wildman–Crippen LogP) is 4.59. The number of carbonyl (C=O) groups is 2. The lowest BCUT2D eigenvalue weighted by Crippen LogP contribution is -2.30. The lowest BCUT2D eigenvalue weighted by atomic mass is 10.1. The molecule has 2 aromatic carbocycles. The molecule has 0 radical (unpaired) electrons. The summed E-state index contributed by atoms with van der Waals surface area (Å²) in [6, 6.07) is 8.65. The standard InChI is InChI=1S/C15H9Cl2F3N2O2/c16-8-1-4-10(5-2-8)21-13(23)14(24)22-12-6-3-9(17)7-11(12)15(18,19)20/h1-7H,(H,21,23)(H,22,24). The van der Waals surface area contributed by atoms with Crippen LogP contribution in [0.4, 0.5) is 24.5 Å². The molecule has 24 heavy (non-hydrogen) atoms. The van der Waals surface area contributed by atoms with Crippen LogP contribution in [0.1, 0.15) is 5.56 Å². The van der Waals surface area contributed by atoms with E-state index in [4.69, 9.17) is 23.2 Å². The molecule has 0 fully saturated rings. The van der Waals surface area contributed by atoms with Gasteiger partial charge in [0.05, 0.1) is 11.3 Å². The molecule has 0 aliphatic carbocycles. The zero-order valence-corrected chi connectivity index (χ0v) is 13.3. The molecule has 0 saturated heterocycles. The first kappa shape index (κ1) is 18.1. The van der Waals surface area contributed by atoms with Gasteiger partial charge < -0.3 is 10.6 Å². The average Bonchev–Trinajstić information content (AvgIpc) is 2.50. The number of rotatable bonds is 2. The van der Waals surface area contributed by atoms with E-state index < -0.39 is 29.2 Å². The summed E-state index contributed by atoms with van der Waals surface area (Å²) in [7, 11) is 0. The first-order valence-corrected chi connectivity index (χ1v) is 7.17. The molecule has 0 aromatic heterocycles. The van der Waals surface area contributed by atoms with Crippen molar-refractivity contribution in [2.45, 2.75) is 6.18 Å². The van der Waals surface area contributed by atoms with Crippen LogP contribution >= 0.6 is 23.2 Å². The van der Waals surface area contributed by atoms with Crippen LogP contribution in [0, 0.1) is 0 Å². The fourth-order valence-electron chi connectivity index (χ4n) is 1.76. The van der Waals surface area contributed by atoms with Crippen LogP contribution < -0.4 is 10.6 Å². The van der Waals surface area contributed by atoms with Crippen molar-refractivity contribution in [3.05, 3.63) is 58.1 Å². The molecule has 0 unspecified atom stereocenters. The molecule has 0 aliphatic heterocycles. The molecule has 0 saturated carbocycles. The summed E-state index contributed by atoms with van der Waals surface area (Å²) in [5.41, 5.74) is -1.45. The first-order chi connectivity index (χ1) is 11.2. The van der Waals surface area contributed by atoms with Crippen molar-refractivity contribution in [1.82, 2.24) is 0 Å². The second-order valence-corrected chi connectivity index (χ2v) is 5.48. The molecule has 2 amide bonds. The number of hydrogen-bond acceptors (Lipinski definition) is 2. The second-order valence-electron chi connectivity index (χ2n) is 4.60. The zero-order valence-electron chi connectivity index (χ0n) is 11.7. The summed E-state index contributed by atoms with van der Waals surface area (Å²) in [4.78, 5) is 23.6. The Morgan fingerprint density at radius 1 is 0.833 bits per heavy atom. The number of hydrogen-bond donors (Lipinski definition) is 2. The Hall–Kier alpha value is -2.25. The van der Waals surface area contributed by atoms with Crippen molar-refractivity contribution in [2.24, 2.45) is 0 Å². The van der Waals surface area contributed by atoms with E-state index in [1.54, 1.807) is 0 Å². The lowest BCUT2D eigenvalue weighted by Gasteiger charge is -2.14. The quantitative estimate of drug-likeness (QED) is 0.753. The van der Waals surface area contributed by atoms with Crippen LogP contribution in [0.3, 0.4) is 0 Å². The number of anilines is 2. The minimum atomic E-state index is -4.74. The molecular formula is C15H9Cl2F3N2O2. The predicted molar refractivity (Wildman–Crippen MR) is 85.2 cm³/mol. The van der Waals surface area contributed by atoms with Crippen molar-refractivity contribution >= 4 is 46.4 Å². The molecule has 0 heterocycles. The van der Waals surface area contributed by atoms with E-state index in [1.165, 1.54) is 30.3 Å². The minimum Gasteiger partial charge on any atom is -0.318 e. The van der Waals surface area contributed by atoms with E-state index in [0.717, 1.165) is 6.07 Å². The van der Waals surface area contributed by atoms with Crippen LogP contribution in [-0.4, -0.2) is 11.8 Å². The minimum absolute atomic E-state index is 0.147. The van der Waals surface area contributed by atoms with Gasteiger partial charge in [0, 0.05) is 15.7 Å². The van der Waals surface area contributed by atoms with Gasteiger partial charge in [0.15, 0.2) is 0 Å². The Balaban J connectivity index is 2.14. The van der Waals surface area contributed by atoms with Gasteiger partial charge >= 0.3 is 18.0 Å². The maximum Gasteiger partial charge on any atom is 0.418 e. The number of amides is 2. The maximum atomic E-state index is 12.9. The van der Waals surface area contributed by atoms with Gasteiger partial charge in [-0.2, -0.15) is 13.2 Å². The summed E-state index contributed by atoms with van der Waals surface area (Å²) in [6.07, 6.45) is -4.74. The van der Waals surface area contributed by atoms with Gasteiger partial charge in [-0.25, -0.2) is 0 Å². The highest BCUT2D eigenvalue weighted by atomic mass is 35.5. The van der Waals surface area contributed by atoms with Crippen LogP contribution in [-0.2, 0) is 15.8 Å². The van der Waals surface area contributed by atoms with E-state index in [2.05, 4.69) is 5.32 Å². The number of benzene rings is 2. The van der Waals surface area contributed by atoms with E-state index in [9.17, 15) is 22.8 Å². The zero-order chi connectivity index (χ0) is 17.9. The van der Waals surface area contributed by atoms with Crippen LogP contribution in [0.15, 0.2) is 42.5 Å². The third-order valence-electron chi connectivity index (χ3n) is 2.84. The van der Waals surface area contributed by atoms with Crippen LogP contribution in [0.2, 0.25) is 10.0 Å². The second kappa shape index (κ2) is 7.11. The fraction of sp³-hybridized carbons (Fsp3) is 0.0667. The monoisotopic (exact) mass is 376 g/mol. The first-order valence-electron chi connectivity index (χ1n) is 6.41. The van der Waals surface area contributed by atoms with Crippen molar-refractivity contribution < 1.29 is 22.8 Å². The fourth-order valence-corrected chi connectivity index (χ4v) is 2.06. The number of alkyl halides is 3. The van der Waals surface area contributed by atoms with Gasteiger partial charge in [-0.15, -0.1) is 0 Å². The lowest BCUT2D eigenvalue weighted by molar-refractivity contribution is -0.137. The number of nitrogens with one attached hydrogen (secondary N) is 2. The highest BCUT2D eigenvalue weighted by molar-refractivity contribution is 6.43. The van der Waals surface area contributed by atoms with E-state index in [1.807, 2.05) is 5.32 Å². The SMILES string of the molecule is O=C(Nc1ccc(Cl)cc1)C(=O)Nc1ccc(Cl)cc1C(F)(F)F. The van der Waals surface area contributed by atoms with Gasteiger partial charge in [-0.3, -0.25) is 9.59 Å². The summed E-state index contributed by atoms with van der Waals surface area (Å²) in [6.45, 7) is 0. The number of halogens is 5. The highest BCUT2D eigenvalue weighted by Gasteiger charge is 2.34. The third kappa shape index (κ3) is 4.62. The van der Waals surface area contributed by atoms with Gasteiger partial charge in [0.1, 0.15) is 0 Å². The molecule has 2 rings (SSSR count). The molecule has 0 atom stereocenters. The Bertz CT molecular complexity index is 777. The average molecular weight is 377 g/mol. The molecule has 0 bridgehead atoms. The van der Waals surface area contributed by atoms with Crippen molar-refractivity contribution in [1.29, 1.82) is 0 Å². The largest absolute Gasteiger partial charge is 0.418 e. The van der Waals surface area contributed by atoms with Crippen LogP contribution in [0.25, 0.3) is 0 Å². The van der Waals surface area contributed by atoms with E-state index in [-0.39, 0.29) is 10.7 Å². The molecule has 4 nitrogen and oxygen atoms in total. The molecule has 0 spiro atoms. The van der Waals surface area contributed by atoms with E-state index in [0.29, 0.717) is 11.1 Å². The van der Waals surface area contributed by atoms with Gasteiger partial charge in [0.25, 0.3) is 0 Å². The molecule has 9 heteroatoms. The number of carbonyl (C=O) groups excluding carboxylic acids is 2. The van der Waals surface area contributed by atoms with Gasteiger partial charge in [-0.1, -0.05) is 23.2 Å². The van der Waals surface area contributed by atoms with E-state index >= 15 is 0 Å². The summed E-state index contributed by atoms with van der Waals surface area (Å²) in [5.74, 6) is -2.38. The molecule has 2 N–H and O–H groups in total. The summed E-state index contributed by atoms with van der Waals surface area (Å²) >= 11 is 11.2. The third-order valence-corrected chi connectivity index (χ3v) is 3.33. The Labute approximate surface area is 144 Å². The Kier molecular flexibility index (Phi) is 5.36. The molecule has 2 aromatic rings. The molecule has 0 aliphatic rings. The van der Waals surface area contributed by atoms with Crippen molar-refractivity contribution in [2.75, 3.05) is 10.6 Å². The normalized spacial score (nSPS) is 11.0.